The van der Waals surface area contributed by atoms with Crippen molar-refractivity contribution in [3.63, 3.8) is 0 Å². The summed E-state index contributed by atoms with van der Waals surface area (Å²) in [6.45, 7) is 3.83. The fraction of sp³-hybridized carbons (Fsp3) is 1.00. The summed E-state index contributed by atoms with van der Waals surface area (Å²) in [6, 6.07) is 0. The third kappa shape index (κ3) is 14.6. The van der Waals surface area contributed by atoms with Gasteiger partial charge in [0.2, 0.25) is 0 Å². The van der Waals surface area contributed by atoms with Crippen LogP contribution in [0, 0.1) is 0 Å². The summed E-state index contributed by atoms with van der Waals surface area (Å²) in [5, 5.41) is 4.71. The van der Waals surface area contributed by atoms with Crippen LogP contribution in [-0.2, 0) is 0 Å². The number of rotatable bonds is 12. The second-order valence-electron chi connectivity index (χ2n) is 6.47. The quantitative estimate of drug-likeness (QED) is 0.508. The Morgan fingerprint density at radius 2 is 0.789 bits per heavy atom. The molecule has 0 unspecified atom stereocenters. The van der Waals surface area contributed by atoms with E-state index in [-0.39, 0.29) is 0 Å². The molecule has 0 amide bonds. The van der Waals surface area contributed by atoms with Crippen LogP contribution in [0.3, 0.4) is 0 Å². The van der Waals surface area contributed by atoms with E-state index in [0.29, 0.717) is 0 Å². The van der Waals surface area contributed by atoms with Crippen molar-refractivity contribution in [1.82, 2.24) is 14.7 Å². The van der Waals surface area contributed by atoms with E-state index in [4.69, 9.17) is 0 Å². The summed E-state index contributed by atoms with van der Waals surface area (Å²) >= 11 is -0.775. The van der Waals surface area contributed by atoms with Crippen LogP contribution in [0.15, 0.2) is 0 Å². The molecular formula is C15H36GeN3. The maximum atomic E-state index is 2.33. The summed E-state index contributed by atoms with van der Waals surface area (Å²) < 4.78 is 0. The molecule has 0 aliphatic rings. The van der Waals surface area contributed by atoms with Gasteiger partial charge in [0.15, 0.2) is 0 Å². The van der Waals surface area contributed by atoms with Gasteiger partial charge < -0.3 is 0 Å². The predicted octanol–water partition coefficient (Wildman–Crippen LogP) is 2.34. The second kappa shape index (κ2) is 12.2. The Labute approximate surface area is 126 Å². The van der Waals surface area contributed by atoms with Crippen LogP contribution in [0.4, 0.5) is 0 Å². The monoisotopic (exact) mass is 332 g/mol. The van der Waals surface area contributed by atoms with Gasteiger partial charge in [0.1, 0.15) is 0 Å². The van der Waals surface area contributed by atoms with Gasteiger partial charge in [0.05, 0.1) is 0 Å². The van der Waals surface area contributed by atoms with Crippen LogP contribution in [0.25, 0.3) is 0 Å². The molecule has 4 heteroatoms. The van der Waals surface area contributed by atoms with Gasteiger partial charge in [0.25, 0.3) is 0 Å². The fourth-order valence-corrected chi connectivity index (χ4v) is 8.03. The molecule has 0 aromatic rings. The maximum absolute atomic E-state index is 2.33. The van der Waals surface area contributed by atoms with E-state index in [1.165, 1.54) is 38.9 Å². The van der Waals surface area contributed by atoms with Gasteiger partial charge >= 0.3 is 126 Å². The average molecular weight is 331 g/mol. The van der Waals surface area contributed by atoms with Crippen molar-refractivity contribution in [2.75, 3.05) is 61.9 Å². The molecule has 0 aliphatic carbocycles. The van der Waals surface area contributed by atoms with Gasteiger partial charge in [-0.2, -0.15) is 0 Å². The third-order valence-electron chi connectivity index (χ3n) is 3.41. The molecular weight excluding hydrogens is 295 g/mol. The van der Waals surface area contributed by atoms with Crippen molar-refractivity contribution in [2.24, 2.45) is 0 Å². The van der Waals surface area contributed by atoms with Crippen LogP contribution in [-0.4, -0.2) is 91.0 Å². The first-order chi connectivity index (χ1) is 8.91. The summed E-state index contributed by atoms with van der Waals surface area (Å²) in [5.41, 5.74) is 0. The second-order valence-corrected chi connectivity index (χ2v) is 12.8. The molecule has 19 heavy (non-hydrogen) atoms. The molecule has 0 fully saturated rings. The Bertz CT molecular complexity index is 163. The third-order valence-corrected chi connectivity index (χ3v) is 10.1. The minimum absolute atomic E-state index is 0.775. The molecule has 1 radical (unpaired) electrons. The predicted molar refractivity (Wildman–Crippen MR) is 89.7 cm³/mol. The van der Waals surface area contributed by atoms with Crippen LogP contribution >= 0.6 is 0 Å². The van der Waals surface area contributed by atoms with Gasteiger partial charge in [-0.25, -0.2) is 0 Å². The van der Waals surface area contributed by atoms with Crippen LogP contribution in [0.2, 0.25) is 15.8 Å². The van der Waals surface area contributed by atoms with E-state index in [9.17, 15) is 0 Å². The van der Waals surface area contributed by atoms with Crippen molar-refractivity contribution in [3.8, 4) is 0 Å². The molecule has 0 aromatic heterocycles. The first kappa shape index (κ1) is 19.4. The number of hydrogen-bond acceptors (Lipinski definition) is 3. The standard InChI is InChI=1S/C15H36GeN3/c1-17(2)13-7-10-16(11-8-14-18(3)4)12-9-15-19(5)6/h7-15H2,1-6H3. The van der Waals surface area contributed by atoms with Gasteiger partial charge in [0, 0.05) is 0 Å². The molecule has 0 saturated heterocycles. The number of hydrogen-bond donors (Lipinski definition) is 0. The Kier molecular flexibility index (Phi) is 12.5. The minimum atomic E-state index is -0.775. The van der Waals surface area contributed by atoms with Crippen molar-refractivity contribution < 1.29 is 0 Å². The van der Waals surface area contributed by atoms with E-state index >= 15 is 0 Å². The van der Waals surface area contributed by atoms with Crippen molar-refractivity contribution in [1.29, 1.82) is 0 Å². The molecule has 0 N–H and O–H groups in total. The zero-order chi connectivity index (χ0) is 14.7. The zero-order valence-corrected chi connectivity index (χ0v) is 16.3. The molecule has 0 spiro atoms. The van der Waals surface area contributed by atoms with Crippen LogP contribution in [0.5, 0.6) is 0 Å². The Balaban J connectivity index is 3.85. The van der Waals surface area contributed by atoms with E-state index in [1.807, 2.05) is 0 Å². The van der Waals surface area contributed by atoms with Gasteiger partial charge in [-0.1, -0.05) is 0 Å². The molecule has 115 valence electrons. The fourth-order valence-electron chi connectivity index (χ4n) is 2.31. The summed E-state index contributed by atoms with van der Waals surface area (Å²) in [6.07, 6.45) is 4.27. The normalized spacial score (nSPS) is 12.3. The zero-order valence-electron chi connectivity index (χ0n) is 14.2. The Morgan fingerprint density at radius 3 is 1.00 bits per heavy atom. The first-order valence-electron chi connectivity index (χ1n) is 7.69. The average Bonchev–Trinajstić information content (AvgIpc) is 2.26. The van der Waals surface area contributed by atoms with E-state index in [2.05, 4.69) is 57.0 Å². The van der Waals surface area contributed by atoms with E-state index in [0.717, 1.165) is 0 Å². The van der Waals surface area contributed by atoms with Crippen LogP contribution < -0.4 is 0 Å². The van der Waals surface area contributed by atoms with E-state index < -0.39 is 14.3 Å². The van der Waals surface area contributed by atoms with Crippen molar-refractivity contribution in [2.45, 2.75) is 35.0 Å². The summed E-state index contributed by atoms with van der Waals surface area (Å²) in [5.74, 6) is 0. The number of nitrogens with zero attached hydrogens (tertiary/aromatic N) is 3. The summed E-state index contributed by atoms with van der Waals surface area (Å²) in [7, 11) is 13.2. The molecule has 0 aliphatic heterocycles. The van der Waals surface area contributed by atoms with E-state index in [1.54, 1.807) is 15.8 Å². The Morgan fingerprint density at radius 1 is 0.526 bits per heavy atom. The molecule has 0 atom stereocenters. The molecule has 3 nitrogen and oxygen atoms in total. The molecule has 0 saturated carbocycles. The molecule has 0 bridgehead atoms. The SMILES string of the molecule is CN(C)CC[CH2][Ge]([CH2]CCN(C)C)[CH2]CCN(C)C. The molecule has 0 aromatic carbocycles. The van der Waals surface area contributed by atoms with Crippen molar-refractivity contribution in [3.05, 3.63) is 0 Å². The first-order valence-corrected chi connectivity index (χ1v) is 12.1. The molecule has 0 heterocycles. The molecule has 0 rings (SSSR count). The topological polar surface area (TPSA) is 9.72 Å². The van der Waals surface area contributed by atoms with Gasteiger partial charge in [-0.05, 0) is 0 Å². The van der Waals surface area contributed by atoms with Crippen molar-refractivity contribution >= 4 is 14.3 Å². The van der Waals surface area contributed by atoms with Gasteiger partial charge in [-0.3, -0.25) is 0 Å². The summed E-state index contributed by atoms with van der Waals surface area (Å²) in [4.78, 5) is 6.99. The van der Waals surface area contributed by atoms with Crippen LogP contribution in [0.1, 0.15) is 19.3 Å². The van der Waals surface area contributed by atoms with Gasteiger partial charge in [-0.15, -0.1) is 0 Å². The Hall–Kier alpha value is 0.423.